The third-order valence-electron chi connectivity index (χ3n) is 3.76. The minimum atomic E-state index is -1.05. The van der Waals surface area contributed by atoms with Crippen LogP contribution in [0.5, 0.6) is 0 Å². The number of amides is 2. The van der Waals surface area contributed by atoms with Crippen molar-refractivity contribution in [2.45, 2.75) is 12.8 Å². The van der Waals surface area contributed by atoms with Crippen LogP contribution in [0, 0.1) is 0 Å². The second-order valence-corrected chi connectivity index (χ2v) is 5.06. The smallest absolute Gasteiger partial charge is 0.366 e. The highest BCUT2D eigenvalue weighted by atomic mass is 16.7. The van der Waals surface area contributed by atoms with Crippen LogP contribution in [-0.4, -0.2) is 78.3 Å². The Morgan fingerprint density at radius 2 is 1.50 bits per heavy atom. The third kappa shape index (κ3) is 3.45. The number of nitrogens with zero attached hydrogens (tertiary/aromatic N) is 3. The summed E-state index contributed by atoms with van der Waals surface area (Å²) >= 11 is 0. The Balaban J connectivity index is 1.75. The van der Waals surface area contributed by atoms with Crippen LogP contribution in [0.25, 0.3) is 0 Å². The van der Waals surface area contributed by atoms with E-state index in [2.05, 4.69) is 10.7 Å². The standard InChI is InChI=1S/C12H20N4O4/c13-20-12(19)11(18)16-7-5-14(6-8-16)9-10(17)15-3-1-2-4-15/h1-9,13H2. The molecule has 2 aliphatic rings. The molecule has 8 heteroatoms. The van der Waals surface area contributed by atoms with Crippen molar-refractivity contribution in [1.82, 2.24) is 14.7 Å². The van der Waals surface area contributed by atoms with E-state index in [4.69, 9.17) is 0 Å². The number of nitrogens with two attached hydrogens (primary N) is 1. The molecule has 0 saturated carbocycles. The maximum absolute atomic E-state index is 12.0. The van der Waals surface area contributed by atoms with Crippen molar-refractivity contribution in [3.05, 3.63) is 0 Å². The van der Waals surface area contributed by atoms with E-state index < -0.39 is 11.9 Å². The van der Waals surface area contributed by atoms with E-state index in [1.165, 1.54) is 4.90 Å². The molecule has 2 fully saturated rings. The average Bonchev–Trinajstić information content (AvgIpc) is 3.01. The predicted molar refractivity (Wildman–Crippen MR) is 69.1 cm³/mol. The Bertz CT molecular complexity index is 387. The fourth-order valence-electron chi connectivity index (χ4n) is 2.55. The Morgan fingerprint density at radius 1 is 0.900 bits per heavy atom. The van der Waals surface area contributed by atoms with E-state index in [1.807, 2.05) is 9.80 Å². The van der Waals surface area contributed by atoms with Crippen LogP contribution >= 0.6 is 0 Å². The van der Waals surface area contributed by atoms with Crippen LogP contribution in [0.15, 0.2) is 0 Å². The van der Waals surface area contributed by atoms with Gasteiger partial charge in [-0.05, 0) is 12.8 Å². The summed E-state index contributed by atoms with van der Waals surface area (Å²) in [6.07, 6.45) is 2.16. The third-order valence-corrected chi connectivity index (χ3v) is 3.76. The molecule has 0 bridgehead atoms. The fourth-order valence-corrected chi connectivity index (χ4v) is 2.55. The van der Waals surface area contributed by atoms with Crippen LogP contribution in [-0.2, 0) is 19.2 Å². The number of carbonyl (C=O) groups excluding carboxylic acids is 3. The molecule has 2 heterocycles. The van der Waals surface area contributed by atoms with Crippen molar-refractivity contribution >= 4 is 17.8 Å². The van der Waals surface area contributed by atoms with Gasteiger partial charge >= 0.3 is 11.9 Å². The molecule has 2 rings (SSSR count). The molecule has 20 heavy (non-hydrogen) atoms. The number of rotatable bonds is 2. The summed E-state index contributed by atoms with van der Waals surface area (Å²) < 4.78 is 0. The summed E-state index contributed by atoms with van der Waals surface area (Å²) in [4.78, 5) is 43.8. The molecule has 0 aromatic carbocycles. The number of hydrogen-bond acceptors (Lipinski definition) is 6. The number of likely N-dealkylation sites (tertiary alicyclic amines) is 1. The minimum absolute atomic E-state index is 0.142. The quantitative estimate of drug-likeness (QED) is 0.473. The molecule has 8 nitrogen and oxygen atoms in total. The monoisotopic (exact) mass is 284 g/mol. The molecule has 2 amide bonds. The molecular weight excluding hydrogens is 264 g/mol. The molecule has 2 N–H and O–H groups in total. The summed E-state index contributed by atoms with van der Waals surface area (Å²) in [5.74, 6) is 3.05. The Morgan fingerprint density at radius 3 is 2.05 bits per heavy atom. The second kappa shape index (κ2) is 6.67. The van der Waals surface area contributed by atoms with Gasteiger partial charge in [-0.2, -0.15) is 5.90 Å². The van der Waals surface area contributed by atoms with E-state index in [9.17, 15) is 14.4 Å². The van der Waals surface area contributed by atoms with Crippen molar-refractivity contribution < 1.29 is 19.2 Å². The molecule has 0 aromatic rings. The molecule has 2 aliphatic heterocycles. The average molecular weight is 284 g/mol. The van der Waals surface area contributed by atoms with Gasteiger partial charge < -0.3 is 14.6 Å². The predicted octanol–water partition coefficient (Wildman–Crippen LogP) is -1.83. The molecule has 0 aliphatic carbocycles. The summed E-state index contributed by atoms with van der Waals surface area (Å²) in [5.41, 5.74) is 0. The lowest BCUT2D eigenvalue weighted by Crippen LogP contribution is -2.53. The molecule has 0 aromatic heterocycles. The van der Waals surface area contributed by atoms with Crippen molar-refractivity contribution in [2.24, 2.45) is 5.90 Å². The van der Waals surface area contributed by atoms with Crippen LogP contribution < -0.4 is 5.90 Å². The van der Waals surface area contributed by atoms with E-state index in [1.54, 1.807) is 0 Å². The van der Waals surface area contributed by atoms with Gasteiger partial charge in [0.15, 0.2) is 0 Å². The highest BCUT2D eigenvalue weighted by Crippen LogP contribution is 2.09. The summed E-state index contributed by atoms with van der Waals surface area (Å²) in [6.45, 7) is 4.03. The van der Waals surface area contributed by atoms with Gasteiger partial charge in [0.2, 0.25) is 5.91 Å². The Hall–Kier alpha value is -1.67. The minimum Gasteiger partial charge on any atom is -0.366 e. The van der Waals surface area contributed by atoms with E-state index >= 15 is 0 Å². The summed E-state index contributed by atoms with van der Waals surface area (Å²) in [7, 11) is 0. The maximum Gasteiger partial charge on any atom is 0.415 e. The molecular formula is C12H20N4O4. The first-order valence-corrected chi connectivity index (χ1v) is 6.82. The van der Waals surface area contributed by atoms with E-state index in [-0.39, 0.29) is 5.91 Å². The Labute approximate surface area is 117 Å². The fraction of sp³-hybridized carbons (Fsp3) is 0.750. The van der Waals surface area contributed by atoms with Crippen molar-refractivity contribution in [2.75, 3.05) is 45.8 Å². The maximum atomic E-state index is 12.0. The number of piperazine rings is 1. The van der Waals surface area contributed by atoms with Crippen molar-refractivity contribution in [3.8, 4) is 0 Å². The van der Waals surface area contributed by atoms with Crippen LogP contribution in [0.2, 0.25) is 0 Å². The summed E-state index contributed by atoms with van der Waals surface area (Å²) in [5, 5.41) is 0. The second-order valence-electron chi connectivity index (χ2n) is 5.06. The van der Waals surface area contributed by atoms with Gasteiger partial charge in [-0.25, -0.2) is 4.79 Å². The van der Waals surface area contributed by atoms with Gasteiger partial charge in [-0.3, -0.25) is 14.5 Å². The highest BCUT2D eigenvalue weighted by Gasteiger charge is 2.28. The lowest BCUT2D eigenvalue weighted by molar-refractivity contribution is -0.161. The van der Waals surface area contributed by atoms with Crippen LogP contribution in [0.4, 0.5) is 0 Å². The van der Waals surface area contributed by atoms with Gasteiger partial charge in [-0.15, -0.1) is 0 Å². The van der Waals surface area contributed by atoms with Gasteiger partial charge in [-0.1, -0.05) is 0 Å². The lowest BCUT2D eigenvalue weighted by Gasteiger charge is -2.34. The van der Waals surface area contributed by atoms with Crippen LogP contribution in [0.1, 0.15) is 12.8 Å². The van der Waals surface area contributed by atoms with Gasteiger partial charge in [0.05, 0.1) is 6.54 Å². The normalized spacial score (nSPS) is 20.1. The first-order chi connectivity index (χ1) is 9.61. The van der Waals surface area contributed by atoms with Gasteiger partial charge in [0, 0.05) is 39.3 Å². The Kier molecular flexibility index (Phi) is 4.91. The van der Waals surface area contributed by atoms with Crippen molar-refractivity contribution in [1.29, 1.82) is 0 Å². The highest BCUT2D eigenvalue weighted by molar-refractivity contribution is 6.32. The molecule has 0 atom stereocenters. The molecule has 112 valence electrons. The number of carbonyl (C=O) groups is 3. The van der Waals surface area contributed by atoms with Gasteiger partial charge in [0.1, 0.15) is 0 Å². The zero-order valence-electron chi connectivity index (χ0n) is 11.4. The first kappa shape index (κ1) is 14.7. The van der Waals surface area contributed by atoms with E-state index in [0.29, 0.717) is 32.7 Å². The zero-order valence-corrected chi connectivity index (χ0v) is 11.4. The zero-order chi connectivity index (χ0) is 14.5. The van der Waals surface area contributed by atoms with Crippen molar-refractivity contribution in [3.63, 3.8) is 0 Å². The topological polar surface area (TPSA) is 96.2 Å². The SMILES string of the molecule is NOC(=O)C(=O)N1CCN(CC(=O)N2CCCC2)CC1. The molecule has 0 spiro atoms. The molecule has 0 unspecified atom stereocenters. The summed E-state index contributed by atoms with van der Waals surface area (Å²) in [6, 6.07) is 0. The van der Waals surface area contributed by atoms with Gasteiger partial charge in [0.25, 0.3) is 0 Å². The largest absolute Gasteiger partial charge is 0.415 e. The molecule has 0 radical (unpaired) electrons. The number of hydrogen-bond donors (Lipinski definition) is 1. The first-order valence-electron chi connectivity index (χ1n) is 6.82. The molecule has 2 saturated heterocycles. The van der Waals surface area contributed by atoms with E-state index in [0.717, 1.165) is 25.9 Å². The van der Waals surface area contributed by atoms with Crippen LogP contribution in [0.3, 0.4) is 0 Å². The lowest BCUT2D eigenvalue weighted by atomic mass is 10.3.